The van der Waals surface area contributed by atoms with Crippen LogP contribution in [0.1, 0.15) is 29.5 Å². The fourth-order valence-corrected chi connectivity index (χ4v) is 4.10. The normalized spacial score (nSPS) is 14.5. The largest absolute Gasteiger partial charge is 0.351 e. The van der Waals surface area contributed by atoms with Crippen molar-refractivity contribution in [2.45, 2.75) is 31.7 Å². The summed E-state index contributed by atoms with van der Waals surface area (Å²) in [6.45, 7) is 3.95. The second kappa shape index (κ2) is 10.0. The average Bonchev–Trinajstić information content (AvgIpc) is 3.16. The van der Waals surface area contributed by atoms with Gasteiger partial charge < -0.3 is 5.32 Å². The van der Waals surface area contributed by atoms with Crippen molar-refractivity contribution in [3.63, 3.8) is 0 Å². The van der Waals surface area contributed by atoms with Crippen LogP contribution in [0.15, 0.2) is 48.5 Å². The lowest BCUT2D eigenvalue weighted by molar-refractivity contribution is -0.118. The van der Waals surface area contributed by atoms with Crippen LogP contribution in [0, 0.1) is 0 Å². The van der Waals surface area contributed by atoms with Gasteiger partial charge in [-0.3, -0.25) is 9.69 Å². The first-order valence-electron chi connectivity index (χ1n) is 9.09. The number of hydrogen-bond acceptors (Lipinski definition) is 3. The molecule has 0 aliphatic carbocycles. The number of rotatable bonds is 8. The van der Waals surface area contributed by atoms with Gasteiger partial charge >= 0.3 is 0 Å². The van der Waals surface area contributed by atoms with Gasteiger partial charge in [0, 0.05) is 23.9 Å². The lowest BCUT2D eigenvalue weighted by Gasteiger charge is -2.17. The minimum Gasteiger partial charge on any atom is -0.351 e. The summed E-state index contributed by atoms with van der Waals surface area (Å²) in [5, 5.41) is 3.80. The van der Waals surface area contributed by atoms with E-state index in [0.29, 0.717) is 12.3 Å². The highest BCUT2D eigenvalue weighted by molar-refractivity contribution is 7.99. The van der Waals surface area contributed by atoms with Crippen LogP contribution in [0.4, 0.5) is 0 Å². The van der Waals surface area contributed by atoms with Crippen molar-refractivity contribution in [3.8, 4) is 0 Å². The lowest BCUT2D eigenvalue weighted by Crippen LogP contribution is -2.26. The zero-order valence-corrected chi connectivity index (χ0v) is 16.5. The molecule has 1 amide bonds. The highest BCUT2D eigenvalue weighted by atomic mass is 35.5. The SMILES string of the molecule is O=C(CSCc1ccc(Cl)cc1)NCc1ccccc1CN1CCCC1. The van der Waals surface area contributed by atoms with Gasteiger partial charge in [0.05, 0.1) is 5.75 Å². The summed E-state index contributed by atoms with van der Waals surface area (Å²) in [5.74, 6) is 1.37. The van der Waals surface area contributed by atoms with E-state index in [9.17, 15) is 4.79 Å². The van der Waals surface area contributed by atoms with Crippen molar-refractivity contribution in [2.75, 3.05) is 18.8 Å². The van der Waals surface area contributed by atoms with Gasteiger partial charge in [0.1, 0.15) is 0 Å². The number of amides is 1. The number of carbonyl (C=O) groups is 1. The molecular weight excluding hydrogens is 364 g/mol. The van der Waals surface area contributed by atoms with Crippen LogP contribution >= 0.6 is 23.4 Å². The Hall–Kier alpha value is -1.49. The molecular formula is C21H25ClN2OS. The van der Waals surface area contributed by atoms with E-state index < -0.39 is 0 Å². The molecule has 0 bridgehead atoms. The maximum atomic E-state index is 12.2. The van der Waals surface area contributed by atoms with Gasteiger partial charge in [-0.15, -0.1) is 11.8 Å². The van der Waals surface area contributed by atoms with E-state index in [0.717, 1.165) is 17.3 Å². The Bertz CT molecular complexity index is 714. The van der Waals surface area contributed by atoms with Gasteiger partial charge in [0.2, 0.25) is 5.91 Å². The Balaban J connectivity index is 1.43. The van der Waals surface area contributed by atoms with Crippen LogP contribution in [0.5, 0.6) is 0 Å². The molecule has 1 N–H and O–H groups in total. The van der Waals surface area contributed by atoms with Gasteiger partial charge in [0.25, 0.3) is 0 Å². The molecule has 3 rings (SSSR count). The van der Waals surface area contributed by atoms with Gasteiger partial charge in [-0.2, -0.15) is 0 Å². The predicted molar refractivity (Wildman–Crippen MR) is 110 cm³/mol. The molecule has 0 unspecified atom stereocenters. The highest BCUT2D eigenvalue weighted by Crippen LogP contribution is 2.17. The first-order chi connectivity index (χ1) is 12.7. The summed E-state index contributed by atoms with van der Waals surface area (Å²) in [6.07, 6.45) is 2.59. The molecule has 0 saturated carbocycles. The summed E-state index contributed by atoms with van der Waals surface area (Å²) in [4.78, 5) is 14.6. The van der Waals surface area contributed by atoms with E-state index in [2.05, 4.69) is 28.4 Å². The van der Waals surface area contributed by atoms with Crippen molar-refractivity contribution in [1.29, 1.82) is 0 Å². The van der Waals surface area contributed by atoms with Crippen molar-refractivity contribution in [3.05, 3.63) is 70.2 Å². The van der Waals surface area contributed by atoms with E-state index in [4.69, 9.17) is 11.6 Å². The Morgan fingerprint density at radius 2 is 1.73 bits per heavy atom. The molecule has 1 aliphatic rings. The molecule has 0 spiro atoms. The van der Waals surface area contributed by atoms with E-state index in [-0.39, 0.29) is 5.91 Å². The minimum atomic E-state index is 0.0833. The van der Waals surface area contributed by atoms with Crippen LogP contribution < -0.4 is 5.32 Å². The third-order valence-electron chi connectivity index (χ3n) is 4.60. The quantitative estimate of drug-likeness (QED) is 0.723. The van der Waals surface area contributed by atoms with Crippen LogP contribution in [-0.4, -0.2) is 29.6 Å². The molecule has 1 fully saturated rings. The number of benzene rings is 2. The summed E-state index contributed by atoms with van der Waals surface area (Å²) < 4.78 is 0. The smallest absolute Gasteiger partial charge is 0.230 e. The summed E-state index contributed by atoms with van der Waals surface area (Å²) >= 11 is 7.51. The van der Waals surface area contributed by atoms with Gasteiger partial charge in [-0.25, -0.2) is 0 Å². The third kappa shape index (κ3) is 6.04. The fraction of sp³-hybridized carbons (Fsp3) is 0.381. The molecule has 26 heavy (non-hydrogen) atoms. The van der Waals surface area contributed by atoms with Gasteiger partial charge in [-0.1, -0.05) is 48.0 Å². The zero-order valence-electron chi connectivity index (χ0n) is 14.9. The van der Waals surface area contributed by atoms with Crippen LogP contribution in [-0.2, 0) is 23.6 Å². The Labute approximate surface area is 165 Å². The average molecular weight is 389 g/mol. The monoisotopic (exact) mass is 388 g/mol. The van der Waals surface area contributed by atoms with Crippen molar-refractivity contribution in [1.82, 2.24) is 10.2 Å². The Kier molecular flexibility index (Phi) is 7.42. The van der Waals surface area contributed by atoms with Crippen molar-refractivity contribution in [2.24, 2.45) is 0 Å². The van der Waals surface area contributed by atoms with Crippen LogP contribution in [0.25, 0.3) is 0 Å². The lowest BCUT2D eigenvalue weighted by atomic mass is 10.1. The molecule has 1 saturated heterocycles. The zero-order chi connectivity index (χ0) is 18.2. The van der Waals surface area contributed by atoms with Crippen molar-refractivity contribution >= 4 is 29.3 Å². The molecule has 2 aromatic carbocycles. The number of halogens is 1. The minimum absolute atomic E-state index is 0.0833. The maximum Gasteiger partial charge on any atom is 0.230 e. The number of likely N-dealkylation sites (tertiary alicyclic amines) is 1. The fourth-order valence-electron chi connectivity index (χ4n) is 3.15. The molecule has 0 atom stereocenters. The Morgan fingerprint density at radius 3 is 2.46 bits per heavy atom. The van der Waals surface area contributed by atoms with Crippen molar-refractivity contribution < 1.29 is 4.79 Å². The van der Waals surface area contributed by atoms with E-state index in [1.54, 1.807) is 11.8 Å². The number of carbonyl (C=O) groups excluding carboxylic acids is 1. The highest BCUT2D eigenvalue weighted by Gasteiger charge is 2.13. The molecule has 138 valence electrons. The van der Waals surface area contributed by atoms with Gasteiger partial charge in [-0.05, 0) is 54.8 Å². The Morgan fingerprint density at radius 1 is 1.04 bits per heavy atom. The number of thioether (sulfide) groups is 1. The van der Waals surface area contributed by atoms with Crippen LogP contribution in [0.2, 0.25) is 5.02 Å². The standard InChI is InChI=1S/C21H25ClN2OS/c22-20-9-7-17(8-10-20)15-26-16-21(25)23-13-18-5-1-2-6-19(18)14-24-11-3-4-12-24/h1-2,5-10H,3-4,11-16H2,(H,23,25). The molecule has 1 heterocycles. The molecule has 1 aliphatic heterocycles. The first kappa shape index (κ1) is 19.3. The first-order valence-corrected chi connectivity index (χ1v) is 10.6. The van der Waals surface area contributed by atoms with E-state index >= 15 is 0 Å². The maximum absolute atomic E-state index is 12.2. The van der Waals surface area contributed by atoms with E-state index in [1.165, 1.54) is 42.6 Å². The predicted octanol–water partition coefficient (Wildman–Crippen LogP) is 4.49. The molecule has 5 heteroatoms. The van der Waals surface area contributed by atoms with E-state index in [1.807, 2.05) is 30.3 Å². The summed E-state index contributed by atoms with van der Waals surface area (Å²) in [7, 11) is 0. The topological polar surface area (TPSA) is 32.3 Å². The second-order valence-corrected chi connectivity index (χ2v) is 8.07. The summed E-state index contributed by atoms with van der Waals surface area (Å²) in [5.41, 5.74) is 3.72. The molecule has 0 aromatic heterocycles. The third-order valence-corrected chi connectivity index (χ3v) is 5.86. The molecule has 0 radical (unpaired) electrons. The van der Waals surface area contributed by atoms with Crippen LogP contribution in [0.3, 0.4) is 0 Å². The van der Waals surface area contributed by atoms with Gasteiger partial charge in [0.15, 0.2) is 0 Å². The number of nitrogens with one attached hydrogen (secondary N) is 1. The second-order valence-electron chi connectivity index (χ2n) is 6.65. The summed E-state index contributed by atoms with van der Waals surface area (Å²) in [6, 6.07) is 16.2. The number of nitrogens with zero attached hydrogens (tertiary/aromatic N) is 1. The molecule has 3 nitrogen and oxygen atoms in total. The number of hydrogen-bond donors (Lipinski definition) is 1. The molecule has 2 aromatic rings.